The van der Waals surface area contributed by atoms with Crippen LogP contribution in [0.5, 0.6) is 0 Å². The van der Waals surface area contributed by atoms with Crippen LogP contribution in [0.15, 0.2) is 0 Å². The van der Waals surface area contributed by atoms with Gasteiger partial charge in [0, 0.05) is 24.7 Å². The number of rotatable bonds is 29. The van der Waals surface area contributed by atoms with Crippen LogP contribution in [0.4, 0.5) is 0 Å². The van der Waals surface area contributed by atoms with E-state index in [4.69, 9.17) is 18.9 Å². The molecule has 14 heteroatoms. The second-order valence-corrected chi connectivity index (χ2v) is 15.8. The summed E-state index contributed by atoms with van der Waals surface area (Å²) in [6.07, 6.45) is 9.15. The number of aliphatic hydroxyl groups is 8. The predicted octanol–water partition coefficient (Wildman–Crippen LogP) is 3.02. The minimum absolute atomic E-state index is 0.403. The quantitative estimate of drug-likeness (QED) is 0.0413. The summed E-state index contributed by atoms with van der Waals surface area (Å²) in [6.45, 7) is -0.0875. The van der Waals surface area contributed by atoms with Gasteiger partial charge < -0.3 is 59.8 Å². The smallest absolute Gasteiger partial charge is 0.186 e. The molecule has 0 aromatic carbocycles. The van der Waals surface area contributed by atoms with Crippen molar-refractivity contribution in [2.75, 3.05) is 37.9 Å². The normalized spacial score (nSPS) is 31.0. The molecule has 8 N–H and O–H groups in total. The van der Waals surface area contributed by atoms with E-state index in [1.165, 1.54) is 88.6 Å². The average Bonchev–Trinajstić information content (AvgIpc) is 3.09. The highest BCUT2D eigenvalue weighted by atomic mass is 33.1. The van der Waals surface area contributed by atoms with E-state index in [2.05, 4.69) is 0 Å². The molecule has 2 rings (SSSR count). The van der Waals surface area contributed by atoms with Crippen molar-refractivity contribution in [3.63, 3.8) is 0 Å². The molecule has 2 fully saturated rings. The monoisotopic (exact) mass is 730 g/mol. The van der Waals surface area contributed by atoms with Crippen molar-refractivity contribution in [3.05, 3.63) is 0 Å². The van der Waals surface area contributed by atoms with Crippen LogP contribution in [0.1, 0.15) is 116 Å². The lowest BCUT2D eigenvalue weighted by Crippen LogP contribution is -2.59. The maximum Gasteiger partial charge on any atom is 0.186 e. The first-order valence-electron chi connectivity index (χ1n) is 18.4. The molecule has 10 atom stereocenters. The molecule has 0 aromatic rings. The summed E-state index contributed by atoms with van der Waals surface area (Å²) in [5.41, 5.74) is 0. The highest BCUT2D eigenvalue weighted by Gasteiger charge is 2.45. The van der Waals surface area contributed by atoms with E-state index < -0.39 is 74.6 Å². The first-order chi connectivity index (χ1) is 23.3. The third kappa shape index (κ3) is 17.6. The van der Waals surface area contributed by atoms with Crippen LogP contribution in [0.2, 0.25) is 0 Å². The van der Waals surface area contributed by atoms with Gasteiger partial charge in [0.05, 0.1) is 13.2 Å². The maximum atomic E-state index is 9.99. The molecule has 0 unspecified atom stereocenters. The molecule has 2 saturated heterocycles. The summed E-state index contributed by atoms with van der Waals surface area (Å²) >= 11 is 0. The lowest BCUT2D eigenvalue weighted by molar-refractivity contribution is -0.301. The van der Waals surface area contributed by atoms with Gasteiger partial charge in [-0.25, -0.2) is 0 Å². The highest BCUT2D eigenvalue weighted by molar-refractivity contribution is 8.76. The van der Waals surface area contributed by atoms with Gasteiger partial charge in [0.1, 0.15) is 48.8 Å². The Labute approximate surface area is 295 Å². The Hall–Kier alpha value is 0.220. The summed E-state index contributed by atoms with van der Waals surface area (Å²) in [5.74, 6) is 2.46. The van der Waals surface area contributed by atoms with Crippen LogP contribution < -0.4 is 0 Å². The zero-order valence-corrected chi connectivity index (χ0v) is 30.4. The molecule has 12 nitrogen and oxygen atoms in total. The summed E-state index contributed by atoms with van der Waals surface area (Å²) in [4.78, 5) is 0. The lowest BCUT2D eigenvalue weighted by Gasteiger charge is -2.39. The van der Waals surface area contributed by atoms with Gasteiger partial charge in [-0.3, -0.25) is 0 Å². The van der Waals surface area contributed by atoms with E-state index in [1.54, 1.807) is 0 Å². The number of unbranched alkanes of at least 4 members (excludes halogenated alkanes) is 16. The molecule has 0 spiro atoms. The van der Waals surface area contributed by atoms with E-state index in [-0.39, 0.29) is 0 Å². The Kier molecular flexibility index (Phi) is 25.7. The van der Waals surface area contributed by atoms with E-state index in [0.29, 0.717) is 13.2 Å². The Balaban J connectivity index is 1.24. The van der Waals surface area contributed by atoms with Gasteiger partial charge in [0.25, 0.3) is 0 Å². The molecular formula is C34H66O12S2. The first-order valence-corrected chi connectivity index (χ1v) is 20.9. The Bertz CT molecular complexity index is 695. The minimum atomic E-state index is -1.39. The van der Waals surface area contributed by atoms with Gasteiger partial charge in [-0.15, -0.1) is 0 Å². The summed E-state index contributed by atoms with van der Waals surface area (Å²) < 4.78 is 21.8. The molecule has 2 heterocycles. The SMILES string of the molecule is OC[C@H]1O[C@@H](OCCCCCCCCCCCSSCCCCCCCCCCCO[C@@H]2O[C@H](CO)[C@@H](O)[C@H](O)[C@H]2O)[C@H](O)[C@@H](O)[C@@H]1O. The zero-order valence-electron chi connectivity index (χ0n) is 28.8. The molecule has 0 saturated carbocycles. The lowest BCUT2D eigenvalue weighted by atomic mass is 9.99. The molecule has 0 aliphatic carbocycles. The number of hydrogen-bond donors (Lipinski definition) is 8. The molecule has 2 aliphatic rings. The van der Waals surface area contributed by atoms with Crippen molar-refractivity contribution >= 4 is 21.6 Å². The molecule has 48 heavy (non-hydrogen) atoms. The van der Waals surface area contributed by atoms with Crippen LogP contribution in [-0.2, 0) is 18.9 Å². The largest absolute Gasteiger partial charge is 0.394 e. The zero-order chi connectivity index (χ0) is 35.0. The molecule has 286 valence electrons. The Morgan fingerprint density at radius 2 is 0.667 bits per heavy atom. The molecule has 0 amide bonds. The maximum absolute atomic E-state index is 9.99. The van der Waals surface area contributed by atoms with Crippen LogP contribution >= 0.6 is 21.6 Å². The predicted molar refractivity (Wildman–Crippen MR) is 187 cm³/mol. The first kappa shape index (κ1) is 44.4. The van der Waals surface area contributed by atoms with Crippen molar-refractivity contribution in [3.8, 4) is 0 Å². The molecule has 0 bridgehead atoms. The minimum Gasteiger partial charge on any atom is -0.394 e. The van der Waals surface area contributed by atoms with E-state index in [9.17, 15) is 40.9 Å². The number of aliphatic hydroxyl groups excluding tert-OH is 8. The van der Waals surface area contributed by atoms with Gasteiger partial charge in [0.2, 0.25) is 0 Å². The highest BCUT2D eigenvalue weighted by Crippen LogP contribution is 2.26. The fraction of sp³-hybridized carbons (Fsp3) is 1.00. The third-order valence-corrected chi connectivity index (χ3v) is 11.7. The van der Waals surface area contributed by atoms with Gasteiger partial charge in [-0.1, -0.05) is 111 Å². The van der Waals surface area contributed by atoms with Crippen LogP contribution in [0.3, 0.4) is 0 Å². The molecule has 2 aliphatic heterocycles. The van der Waals surface area contributed by atoms with Crippen molar-refractivity contribution in [1.29, 1.82) is 0 Å². The summed E-state index contributed by atoms with van der Waals surface area (Å²) in [5, 5.41) is 77.7. The fourth-order valence-corrected chi connectivity index (χ4v) is 8.22. The van der Waals surface area contributed by atoms with Gasteiger partial charge in [-0.05, 0) is 25.7 Å². The Morgan fingerprint density at radius 1 is 0.375 bits per heavy atom. The third-order valence-electron chi connectivity index (χ3n) is 9.09. The molecule has 0 radical (unpaired) electrons. The summed E-state index contributed by atoms with van der Waals surface area (Å²) in [6, 6.07) is 0. The van der Waals surface area contributed by atoms with Gasteiger partial charge >= 0.3 is 0 Å². The van der Waals surface area contributed by atoms with E-state index >= 15 is 0 Å². The fourth-order valence-electron chi connectivity index (χ4n) is 5.93. The topological polar surface area (TPSA) is 199 Å². The van der Waals surface area contributed by atoms with Crippen molar-refractivity contribution in [2.24, 2.45) is 0 Å². The second-order valence-electron chi connectivity index (χ2n) is 13.1. The van der Waals surface area contributed by atoms with Gasteiger partial charge in [-0.2, -0.15) is 0 Å². The molecular weight excluding hydrogens is 664 g/mol. The van der Waals surface area contributed by atoms with Crippen LogP contribution in [0, 0.1) is 0 Å². The van der Waals surface area contributed by atoms with Crippen molar-refractivity contribution in [2.45, 2.75) is 177 Å². The van der Waals surface area contributed by atoms with Crippen LogP contribution in [-0.4, -0.2) is 140 Å². The Morgan fingerprint density at radius 3 is 0.979 bits per heavy atom. The van der Waals surface area contributed by atoms with Crippen molar-refractivity contribution < 1.29 is 59.8 Å². The van der Waals surface area contributed by atoms with Crippen LogP contribution in [0.25, 0.3) is 0 Å². The van der Waals surface area contributed by atoms with Crippen molar-refractivity contribution in [1.82, 2.24) is 0 Å². The second kappa shape index (κ2) is 27.8. The summed E-state index contributed by atoms with van der Waals surface area (Å²) in [7, 11) is 4.02. The average molecular weight is 731 g/mol. The molecule has 0 aromatic heterocycles. The van der Waals surface area contributed by atoms with E-state index in [1.807, 2.05) is 21.6 Å². The standard InChI is InChI=1S/C34H66O12S2/c35-23-25-27(37)29(39)31(41)33(45-25)43-19-15-11-7-3-1-5-9-13-17-21-47-48-22-18-14-10-6-2-4-8-12-16-20-44-34-32(42)30(40)28(38)26(24-36)46-34/h25-42H,1-24H2/t25-,26-,27-,28-,29+,30+,31-,32-,33-,34-/m1/s1. The number of hydrogen-bond acceptors (Lipinski definition) is 14. The van der Waals surface area contributed by atoms with E-state index in [0.717, 1.165) is 38.5 Å². The number of ether oxygens (including phenoxy) is 4. The van der Waals surface area contributed by atoms with Gasteiger partial charge in [0.15, 0.2) is 12.6 Å².